The van der Waals surface area contributed by atoms with Crippen LogP contribution in [0.25, 0.3) is 0 Å². The number of amides is 1. The molecule has 1 fully saturated rings. The van der Waals surface area contributed by atoms with Gasteiger partial charge in [-0.3, -0.25) is 4.79 Å². The van der Waals surface area contributed by atoms with Crippen molar-refractivity contribution >= 4 is 5.91 Å². The molecule has 1 saturated heterocycles. The van der Waals surface area contributed by atoms with Crippen LogP contribution in [0.15, 0.2) is 0 Å². The van der Waals surface area contributed by atoms with E-state index in [1.54, 1.807) is 0 Å². The number of rotatable bonds is 6. The Balaban J connectivity index is 2.32. The summed E-state index contributed by atoms with van der Waals surface area (Å²) in [5.41, 5.74) is 0. The summed E-state index contributed by atoms with van der Waals surface area (Å²) >= 11 is 0. The summed E-state index contributed by atoms with van der Waals surface area (Å²) in [6.45, 7) is 5.22. The lowest BCUT2D eigenvalue weighted by Crippen LogP contribution is -2.51. The van der Waals surface area contributed by atoms with Crippen LogP contribution in [0, 0.1) is 0 Å². The van der Waals surface area contributed by atoms with Crippen molar-refractivity contribution in [2.24, 2.45) is 0 Å². The van der Waals surface area contributed by atoms with Crippen molar-refractivity contribution in [3.8, 4) is 0 Å². The van der Waals surface area contributed by atoms with E-state index in [-0.39, 0.29) is 24.7 Å². The highest BCUT2D eigenvalue weighted by atomic mass is 16.5. The third-order valence-corrected chi connectivity index (χ3v) is 3.27. The van der Waals surface area contributed by atoms with Crippen LogP contribution in [0.3, 0.4) is 0 Å². The van der Waals surface area contributed by atoms with Crippen LogP contribution in [0.4, 0.5) is 0 Å². The van der Waals surface area contributed by atoms with Crippen molar-refractivity contribution < 1.29 is 14.6 Å². The maximum absolute atomic E-state index is 12.0. The number of hydrogen-bond donors (Lipinski definition) is 1. The van der Waals surface area contributed by atoms with Crippen molar-refractivity contribution in [2.75, 3.05) is 19.8 Å². The van der Waals surface area contributed by atoms with Gasteiger partial charge in [-0.25, -0.2) is 0 Å². The third kappa shape index (κ3) is 4.64. The van der Waals surface area contributed by atoms with Gasteiger partial charge in [-0.15, -0.1) is 0 Å². The van der Waals surface area contributed by atoms with Gasteiger partial charge in [0.25, 0.3) is 0 Å². The van der Waals surface area contributed by atoms with Gasteiger partial charge in [0.1, 0.15) is 0 Å². The molecular formula is C13H25NO3. The number of ether oxygens (including phenoxy) is 1. The molecule has 0 aromatic heterocycles. The fourth-order valence-electron chi connectivity index (χ4n) is 2.12. The van der Waals surface area contributed by atoms with E-state index in [2.05, 4.69) is 6.92 Å². The van der Waals surface area contributed by atoms with E-state index in [4.69, 9.17) is 9.84 Å². The second-order valence-corrected chi connectivity index (χ2v) is 4.84. The lowest BCUT2D eigenvalue weighted by Gasteiger charge is -2.37. The van der Waals surface area contributed by atoms with Crippen LogP contribution in [-0.4, -0.2) is 47.8 Å². The Morgan fingerprint density at radius 1 is 1.41 bits per heavy atom. The number of unbranched alkanes of at least 4 members (excludes halogenated alkanes) is 3. The Kier molecular flexibility index (Phi) is 6.52. The van der Waals surface area contributed by atoms with Gasteiger partial charge in [0.2, 0.25) is 5.91 Å². The molecule has 0 spiro atoms. The van der Waals surface area contributed by atoms with E-state index in [0.29, 0.717) is 19.6 Å². The predicted octanol–water partition coefficient (Wildman–Crippen LogP) is 1.56. The number of hydrogen-bond acceptors (Lipinski definition) is 3. The number of morpholine rings is 1. The molecule has 0 aliphatic carbocycles. The first-order chi connectivity index (χ1) is 8.19. The van der Waals surface area contributed by atoms with Gasteiger partial charge in [0.05, 0.1) is 25.4 Å². The minimum absolute atomic E-state index is 0.00760. The smallest absolute Gasteiger partial charge is 0.222 e. The zero-order valence-corrected chi connectivity index (χ0v) is 11.0. The van der Waals surface area contributed by atoms with Crippen LogP contribution in [0.1, 0.15) is 46.0 Å². The highest BCUT2D eigenvalue weighted by molar-refractivity contribution is 5.76. The Morgan fingerprint density at radius 3 is 2.82 bits per heavy atom. The summed E-state index contributed by atoms with van der Waals surface area (Å²) in [5.74, 6) is 0.204. The van der Waals surface area contributed by atoms with Gasteiger partial charge in [-0.05, 0) is 13.3 Å². The molecule has 17 heavy (non-hydrogen) atoms. The summed E-state index contributed by atoms with van der Waals surface area (Å²) in [6, 6.07) is 0.136. The first-order valence-corrected chi connectivity index (χ1v) is 6.71. The molecule has 1 aliphatic heterocycles. The topological polar surface area (TPSA) is 49.8 Å². The molecule has 0 aromatic rings. The van der Waals surface area contributed by atoms with Crippen molar-refractivity contribution in [1.29, 1.82) is 0 Å². The molecule has 2 unspecified atom stereocenters. The number of carbonyl (C=O) groups excluding carboxylic acids is 1. The maximum Gasteiger partial charge on any atom is 0.222 e. The second kappa shape index (κ2) is 7.67. The molecule has 1 N–H and O–H groups in total. The highest BCUT2D eigenvalue weighted by Crippen LogP contribution is 2.14. The molecule has 2 atom stereocenters. The SMILES string of the molecule is CCCCCCC(=O)N1CC(CO)OCC1C. The molecule has 0 aromatic carbocycles. The Labute approximate surface area is 104 Å². The maximum atomic E-state index is 12.0. The zero-order chi connectivity index (χ0) is 12.7. The average molecular weight is 243 g/mol. The van der Waals surface area contributed by atoms with Gasteiger partial charge >= 0.3 is 0 Å². The highest BCUT2D eigenvalue weighted by Gasteiger charge is 2.28. The van der Waals surface area contributed by atoms with E-state index in [9.17, 15) is 4.79 Å². The normalized spacial score (nSPS) is 25.0. The van der Waals surface area contributed by atoms with Crippen LogP contribution in [-0.2, 0) is 9.53 Å². The number of aliphatic hydroxyl groups is 1. The minimum Gasteiger partial charge on any atom is -0.394 e. The van der Waals surface area contributed by atoms with Crippen LogP contribution < -0.4 is 0 Å². The molecular weight excluding hydrogens is 218 g/mol. The summed E-state index contributed by atoms with van der Waals surface area (Å²) < 4.78 is 5.42. The molecule has 4 nitrogen and oxygen atoms in total. The van der Waals surface area contributed by atoms with Crippen molar-refractivity contribution in [1.82, 2.24) is 4.90 Å². The lowest BCUT2D eigenvalue weighted by atomic mass is 10.1. The van der Waals surface area contributed by atoms with Crippen LogP contribution in [0.2, 0.25) is 0 Å². The van der Waals surface area contributed by atoms with Gasteiger partial charge in [0, 0.05) is 13.0 Å². The molecule has 1 rings (SSSR count). The lowest BCUT2D eigenvalue weighted by molar-refractivity contribution is -0.146. The first kappa shape index (κ1) is 14.5. The van der Waals surface area contributed by atoms with E-state index in [0.717, 1.165) is 12.8 Å². The summed E-state index contributed by atoms with van der Waals surface area (Å²) in [6.07, 6.45) is 4.92. The number of carbonyl (C=O) groups is 1. The largest absolute Gasteiger partial charge is 0.394 e. The Bertz CT molecular complexity index is 233. The van der Waals surface area contributed by atoms with E-state index in [1.807, 2.05) is 11.8 Å². The Morgan fingerprint density at radius 2 is 2.18 bits per heavy atom. The van der Waals surface area contributed by atoms with E-state index < -0.39 is 0 Å². The molecule has 1 amide bonds. The van der Waals surface area contributed by atoms with E-state index in [1.165, 1.54) is 12.8 Å². The second-order valence-electron chi connectivity index (χ2n) is 4.84. The van der Waals surface area contributed by atoms with Crippen LogP contribution in [0.5, 0.6) is 0 Å². The Hall–Kier alpha value is -0.610. The van der Waals surface area contributed by atoms with Crippen molar-refractivity contribution in [2.45, 2.75) is 58.1 Å². The molecule has 4 heteroatoms. The number of nitrogens with zero attached hydrogens (tertiary/aromatic N) is 1. The van der Waals surface area contributed by atoms with Gasteiger partial charge in [-0.2, -0.15) is 0 Å². The van der Waals surface area contributed by atoms with Gasteiger partial charge < -0.3 is 14.7 Å². The fraction of sp³-hybridized carbons (Fsp3) is 0.923. The first-order valence-electron chi connectivity index (χ1n) is 6.71. The summed E-state index contributed by atoms with van der Waals surface area (Å²) in [4.78, 5) is 13.9. The molecule has 1 heterocycles. The minimum atomic E-state index is -0.203. The zero-order valence-electron chi connectivity index (χ0n) is 11.0. The summed E-state index contributed by atoms with van der Waals surface area (Å²) in [5, 5.41) is 9.06. The number of aliphatic hydroxyl groups excluding tert-OH is 1. The standard InChI is InChI=1S/C13H25NO3/c1-3-4-5-6-7-13(16)14-8-12(9-15)17-10-11(14)2/h11-12,15H,3-10H2,1-2H3. The van der Waals surface area contributed by atoms with E-state index >= 15 is 0 Å². The monoisotopic (exact) mass is 243 g/mol. The quantitative estimate of drug-likeness (QED) is 0.720. The molecule has 0 saturated carbocycles. The summed E-state index contributed by atoms with van der Waals surface area (Å²) in [7, 11) is 0. The predicted molar refractivity (Wildman–Crippen MR) is 66.8 cm³/mol. The third-order valence-electron chi connectivity index (χ3n) is 3.27. The molecule has 0 bridgehead atoms. The molecule has 0 radical (unpaired) electrons. The van der Waals surface area contributed by atoms with Gasteiger partial charge in [0.15, 0.2) is 0 Å². The van der Waals surface area contributed by atoms with Crippen LogP contribution >= 0.6 is 0 Å². The van der Waals surface area contributed by atoms with Gasteiger partial charge in [-0.1, -0.05) is 26.2 Å². The van der Waals surface area contributed by atoms with Crippen molar-refractivity contribution in [3.63, 3.8) is 0 Å². The fourth-order valence-corrected chi connectivity index (χ4v) is 2.12. The molecule has 100 valence electrons. The molecule has 1 aliphatic rings. The average Bonchev–Trinajstić information content (AvgIpc) is 2.35. The van der Waals surface area contributed by atoms with Crippen molar-refractivity contribution in [3.05, 3.63) is 0 Å².